The minimum Gasteiger partial charge on any atom is -0.497 e. The molecule has 2 aromatic carbocycles. The lowest BCUT2D eigenvalue weighted by Crippen LogP contribution is -2.30. The molecule has 146 valence electrons. The van der Waals surface area contributed by atoms with Gasteiger partial charge in [0.2, 0.25) is 0 Å². The van der Waals surface area contributed by atoms with Crippen LogP contribution in [0.1, 0.15) is 5.69 Å². The SMILES string of the molecule is COc1ccc(-c2nc(CCNC(=O)COc3ccccc3OC)cs2)cc1. The Morgan fingerprint density at radius 1 is 1.04 bits per heavy atom. The Balaban J connectivity index is 1.44. The van der Waals surface area contributed by atoms with Gasteiger partial charge >= 0.3 is 0 Å². The van der Waals surface area contributed by atoms with Gasteiger partial charge in [0.15, 0.2) is 18.1 Å². The topological polar surface area (TPSA) is 69.7 Å². The van der Waals surface area contributed by atoms with Crippen molar-refractivity contribution in [2.45, 2.75) is 6.42 Å². The van der Waals surface area contributed by atoms with Crippen LogP contribution in [-0.4, -0.2) is 38.3 Å². The molecular formula is C21H22N2O4S. The van der Waals surface area contributed by atoms with Crippen molar-refractivity contribution in [1.82, 2.24) is 10.3 Å². The summed E-state index contributed by atoms with van der Waals surface area (Å²) in [7, 11) is 3.21. The largest absolute Gasteiger partial charge is 0.497 e. The monoisotopic (exact) mass is 398 g/mol. The van der Waals surface area contributed by atoms with Gasteiger partial charge in [-0.15, -0.1) is 11.3 Å². The second-order valence-electron chi connectivity index (χ2n) is 5.91. The summed E-state index contributed by atoms with van der Waals surface area (Å²) >= 11 is 1.58. The summed E-state index contributed by atoms with van der Waals surface area (Å²) in [6.45, 7) is 0.439. The highest BCUT2D eigenvalue weighted by Crippen LogP contribution is 2.26. The van der Waals surface area contributed by atoms with E-state index in [9.17, 15) is 4.79 Å². The van der Waals surface area contributed by atoms with Gasteiger partial charge in [-0.25, -0.2) is 4.98 Å². The van der Waals surface area contributed by atoms with Crippen LogP contribution in [0.25, 0.3) is 10.6 Å². The number of carbonyl (C=O) groups is 1. The summed E-state index contributed by atoms with van der Waals surface area (Å²) < 4.78 is 15.9. The maximum absolute atomic E-state index is 12.0. The Bertz CT molecular complexity index is 909. The van der Waals surface area contributed by atoms with E-state index in [2.05, 4.69) is 10.3 Å². The van der Waals surface area contributed by atoms with Crippen molar-refractivity contribution in [3.05, 3.63) is 59.6 Å². The molecule has 0 bridgehead atoms. The van der Waals surface area contributed by atoms with Crippen LogP contribution in [0, 0.1) is 0 Å². The van der Waals surface area contributed by atoms with Gasteiger partial charge in [0.25, 0.3) is 5.91 Å². The molecule has 1 N–H and O–H groups in total. The fourth-order valence-corrected chi connectivity index (χ4v) is 3.41. The molecule has 28 heavy (non-hydrogen) atoms. The second-order valence-corrected chi connectivity index (χ2v) is 6.77. The lowest BCUT2D eigenvalue weighted by Gasteiger charge is -2.10. The minimum atomic E-state index is -0.184. The molecular weight excluding hydrogens is 376 g/mol. The predicted molar refractivity (Wildman–Crippen MR) is 109 cm³/mol. The van der Waals surface area contributed by atoms with Crippen molar-refractivity contribution >= 4 is 17.2 Å². The maximum atomic E-state index is 12.0. The average molecular weight is 398 g/mol. The molecule has 3 rings (SSSR count). The molecule has 6 nitrogen and oxygen atoms in total. The normalized spacial score (nSPS) is 10.4. The molecule has 3 aromatic rings. The quantitative estimate of drug-likeness (QED) is 0.597. The highest BCUT2D eigenvalue weighted by atomic mass is 32.1. The smallest absolute Gasteiger partial charge is 0.257 e. The van der Waals surface area contributed by atoms with Crippen LogP contribution in [0.3, 0.4) is 0 Å². The van der Waals surface area contributed by atoms with Crippen LogP contribution < -0.4 is 19.5 Å². The van der Waals surface area contributed by atoms with Gasteiger partial charge in [-0.1, -0.05) is 12.1 Å². The van der Waals surface area contributed by atoms with Crippen molar-refractivity contribution in [3.63, 3.8) is 0 Å². The maximum Gasteiger partial charge on any atom is 0.257 e. The molecule has 0 unspecified atom stereocenters. The first kappa shape index (κ1) is 19.7. The van der Waals surface area contributed by atoms with E-state index < -0.39 is 0 Å². The molecule has 0 aliphatic heterocycles. The van der Waals surface area contributed by atoms with Gasteiger partial charge < -0.3 is 19.5 Å². The molecule has 0 saturated carbocycles. The number of methoxy groups -OCH3 is 2. The van der Waals surface area contributed by atoms with E-state index in [0.717, 1.165) is 22.0 Å². The Hall–Kier alpha value is -3.06. The molecule has 0 aliphatic carbocycles. The third-order valence-corrected chi connectivity index (χ3v) is 4.96. The Labute approximate surface area is 168 Å². The van der Waals surface area contributed by atoms with E-state index in [-0.39, 0.29) is 12.5 Å². The van der Waals surface area contributed by atoms with Crippen LogP contribution in [0.4, 0.5) is 0 Å². The standard InChI is InChI=1S/C21H22N2O4S/c1-25-17-9-7-15(8-10-17)21-23-16(14-28-21)11-12-22-20(24)13-27-19-6-4-3-5-18(19)26-2/h3-10,14H,11-13H2,1-2H3,(H,22,24). The number of nitrogens with one attached hydrogen (secondary N) is 1. The van der Waals surface area contributed by atoms with E-state index in [4.69, 9.17) is 14.2 Å². The van der Waals surface area contributed by atoms with Crippen LogP contribution in [0.15, 0.2) is 53.9 Å². The van der Waals surface area contributed by atoms with E-state index >= 15 is 0 Å². The predicted octanol–water partition coefficient (Wildman–Crippen LogP) is 3.57. The van der Waals surface area contributed by atoms with Crippen LogP contribution in [0.5, 0.6) is 17.2 Å². The van der Waals surface area contributed by atoms with Crippen LogP contribution in [0.2, 0.25) is 0 Å². The summed E-state index contributed by atoms with van der Waals surface area (Å²) in [6, 6.07) is 15.0. The molecule has 0 saturated heterocycles. The summed E-state index contributed by atoms with van der Waals surface area (Å²) in [6.07, 6.45) is 0.660. The number of nitrogens with zero attached hydrogens (tertiary/aromatic N) is 1. The number of hydrogen-bond donors (Lipinski definition) is 1. The first-order valence-corrected chi connectivity index (χ1v) is 9.69. The number of benzene rings is 2. The van der Waals surface area contributed by atoms with Crippen LogP contribution in [-0.2, 0) is 11.2 Å². The fraction of sp³-hybridized carbons (Fsp3) is 0.238. The zero-order chi connectivity index (χ0) is 19.8. The van der Waals surface area contributed by atoms with Gasteiger partial charge in [0, 0.05) is 23.9 Å². The molecule has 0 atom stereocenters. The zero-order valence-corrected chi connectivity index (χ0v) is 16.6. The van der Waals surface area contributed by atoms with Gasteiger partial charge in [0.05, 0.1) is 19.9 Å². The Morgan fingerprint density at radius 2 is 1.79 bits per heavy atom. The molecule has 0 aliphatic rings. The third-order valence-electron chi connectivity index (χ3n) is 4.02. The first-order valence-electron chi connectivity index (χ1n) is 8.81. The van der Waals surface area contributed by atoms with E-state index in [1.165, 1.54) is 0 Å². The van der Waals surface area contributed by atoms with Crippen molar-refractivity contribution < 1.29 is 19.0 Å². The molecule has 7 heteroatoms. The van der Waals surface area contributed by atoms with Crippen LogP contribution >= 0.6 is 11.3 Å². The number of amides is 1. The number of ether oxygens (including phenoxy) is 3. The fourth-order valence-electron chi connectivity index (χ4n) is 2.55. The van der Waals surface area contributed by atoms with Crippen molar-refractivity contribution in [2.75, 3.05) is 27.4 Å². The number of carbonyl (C=O) groups excluding carboxylic acids is 1. The highest BCUT2D eigenvalue weighted by molar-refractivity contribution is 7.13. The Morgan fingerprint density at radius 3 is 2.50 bits per heavy atom. The average Bonchev–Trinajstić information content (AvgIpc) is 3.21. The van der Waals surface area contributed by atoms with Crippen molar-refractivity contribution in [1.29, 1.82) is 0 Å². The van der Waals surface area contributed by atoms with Gasteiger partial charge in [-0.3, -0.25) is 4.79 Å². The summed E-state index contributed by atoms with van der Waals surface area (Å²) in [5.74, 6) is 1.78. The van der Waals surface area contributed by atoms with Gasteiger partial charge in [-0.2, -0.15) is 0 Å². The second kappa shape index (κ2) is 9.75. The molecule has 1 heterocycles. The van der Waals surface area contributed by atoms with Crippen molar-refractivity contribution in [3.8, 4) is 27.8 Å². The van der Waals surface area contributed by atoms with E-state index in [1.807, 2.05) is 41.8 Å². The van der Waals surface area contributed by atoms with Crippen molar-refractivity contribution in [2.24, 2.45) is 0 Å². The summed E-state index contributed by atoms with van der Waals surface area (Å²) in [5, 5.41) is 5.80. The molecule has 0 radical (unpaired) electrons. The molecule has 1 aromatic heterocycles. The molecule has 1 amide bonds. The molecule has 0 spiro atoms. The highest BCUT2D eigenvalue weighted by Gasteiger charge is 2.08. The zero-order valence-electron chi connectivity index (χ0n) is 15.8. The first-order chi connectivity index (χ1) is 13.7. The Kier molecular flexibility index (Phi) is 6.86. The van der Waals surface area contributed by atoms with E-state index in [0.29, 0.717) is 24.5 Å². The third kappa shape index (κ3) is 5.23. The number of hydrogen-bond acceptors (Lipinski definition) is 6. The lowest BCUT2D eigenvalue weighted by molar-refractivity contribution is -0.123. The van der Waals surface area contributed by atoms with Gasteiger partial charge in [-0.05, 0) is 36.4 Å². The summed E-state index contributed by atoms with van der Waals surface area (Å²) in [5.41, 5.74) is 1.99. The number of aromatic nitrogens is 1. The lowest BCUT2D eigenvalue weighted by atomic mass is 10.2. The summed E-state index contributed by atoms with van der Waals surface area (Å²) in [4.78, 5) is 16.6. The number of rotatable bonds is 9. The minimum absolute atomic E-state index is 0.0610. The number of para-hydroxylation sites is 2. The number of thiazole rings is 1. The molecule has 0 fully saturated rings. The van der Waals surface area contributed by atoms with Gasteiger partial charge in [0.1, 0.15) is 10.8 Å². The van der Waals surface area contributed by atoms with E-state index in [1.54, 1.807) is 37.7 Å².